The highest BCUT2D eigenvalue weighted by molar-refractivity contribution is 7.85. The Morgan fingerprint density at radius 2 is 2.20 bits per heavy atom. The van der Waals surface area contributed by atoms with Crippen molar-refractivity contribution < 1.29 is 13.7 Å². The zero-order valence-corrected chi connectivity index (χ0v) is 9.66. The summed E-state index contributed by atoms with van der Waals surface area (Å²) in [6.07, 6.45) is 9.84. The van der Waals surface area contributed by atoms with Crippen LogP contribution < -0.4 is 0 Å². The van der Waals surface area contributed by atoms with Crippen molar-refractivity contribution in [3.05, 3.63) is 24.3 Å². The fourth-order valence-electron chi connectivity index (χ4n) is 1.45. The Kier molecular flexibility index (Phi) is 5.32. The van der Waals surface area contributed by atoms with E-state index < -0.39 is 10.8 Å². The van der Waals surface area contributed by atoms with E-state index in [2.05, 4.69) is 4.74 Å². The third-order valence-corrected chi connectivity index (χ3v) is 4.05. The van der Waals surface area contributed by atoms with Crippen molar-refractivity contribution in [3.8, 4) is 0 Å². The van der Waals surface area contributed by atoms with Gasteiger partial charge in [0.25, 0.3) is 0 Å². The van der Waals surface area contributed by atoms with Gasteiger partial charge in [-0.15, -0.1) is 0 Å². The van der Waals surface area contributed by atoms with E-state index in [4.69, 9.17) is 0 Å². The zero-order valence-electron chi connectivity index (χ0n) is 8.85. The number of esters is 1. The molecule has 0 aliphatic carbocycles. The van der Waals surface area contributed by atoms with Crippen LogP contribution in [-0.2, 0) is 20.3 Å². The topological polar surface area (TPSA) is 43.4 Å². The van der Waals surface area contributed by atoms with Crippen LogP contribution in [0.1, 0.15) is 19.3 Å². The summed E-state index contributed by atoms with van der Waals surface area (Å²) in [5.74, 6) is 0.430. The van der Waals surface area contributed by atoms with Crippen LogP contribution in [0.5, 0.6) is 0 Å². The molecule has 0 spiro atoms. The molecular formula is C11H16O3S. The van der Waals surface area contributed by atoms with Gasteiger partial charge in [-0.1, -0.05) is 24.6 Å². The van der Waals surface area contributed by atoms with Gasteiger partial charge in [0.15, 0.2) is 0 Å². The number of carbonyl (C=O) groups excluding carboxylic acids is 1. The Hall–Kier alpha value is -0.900. The average molecular weight is 228 g/mol. The van der Waals surface area contributed by atoms with Gasteiger partial charge in [-0.2, -0.15) is 0 Å². The van der Waals surface area contributed by atoms with Gasteiger partial charge in [0.05, 0.1) is 12.4 Å². The second kappa shape index (κ2) is 6.56. The van der Waals surface area contributed by atoms with Crippen LogP contribution >= 0.6 is 0 Å². The minimum absolute atomic E-state index is 0.154. The molecule has 1 fully saturated rings. The lowest BCUT2D eigenvalue weighted by Gasteiger charge is -2.17. The van der Waals surface area contributed by atoms with E-state index in [1.165, 1.54) is 13.2 Å². The predicted octanol–water partition coefficient (Wildman–Crippen LogP) is 1.57. The molecule has 0 aromatic rings. The van der Waals surface area contributed by atoms with Crippen molar-refractivity contribution in [2.24, 2.45) is 0 Å². The maximum absolute atomic E-state index is 11.5. The molecule has 3 nitrogen and oxygen atoms in total. The standard InChI is InChI=1S/C11H16O3S/c1-14-11(12)8-3-2-6-10-7-4-5-9-15(10)13/h2-3,6,8,10H,4-5,7,9H2,1H3/b6-2+,8-3+/t10-,15-/m1/s1. The molecule has 2 atom stereocenters. The molecule has 4 heteroatoms. The zero-order chi connectivity index (χ0) is 11.1. The summed E-state index contributed by atoms with van der Waals surface area (Å²) in [6, 6.07) is 0. The van der Waals surface area contributed by atoms with Gasteiger partial charge < -0.3 is 4.74 Å². The summed E-state index contributed by atoms with van der Waals surface area (Å²) in [5.41, 5.74) is 0. The molecule has 0 bridgehead atoms. The average Bonchev–Trinajstić information content (AvgIpc) is 2.26. The summed E-state index contributed by atoms with van der Waals surface area (Å²) in [5, 5.41) is 0.154. The molecule has 1 rings (SSSR count). The second-order valence-electron chi connectivity index (χ2n) is 3.39. The Balaban J connectivity index is 2.39. The van der Waals surface area contributed by atoms with E-state index in [1.54, 1.807) is 12.2 Å². The van der Waals surface area contributed by atoms with Gasteiger partial charge in [0.2, 0.25) is 0 Å². The van der Waals surface area contributed by atoms with Gasteiger partial charge >= 0.3 is 5.97 Å². The highest BCUT2D eigenvalue weighted by Gasteiger charge is 2.17. The molecule has 1 heterocycles. The second-order valence-corrected chi connectivity index (χ2v) is 5.16. The minimum atomic E-state index is -0.731. The summed E-state index contributed by atoms with van der Waals surface area (Å²) in [7, 11) is 0.609. The van der Waals surface area contributed by atoms with E-state index in [0.717, 1.165) is 25.0 Å². The first-order chi connectivity index (χ1) is 7.24. The lowest BCUT2D eigenvalue weighted by atomic mass is 10.2. The highest BCUT2D eigenvalue weighted by Crippen LogP contribution is 2.16. The molecular weight excluding hydrogens is 212 g/mol. The van der Waals surface area contributed by atoms with Gasteiger partial charge in [0, 0.05) is 22.6 Å². The van der Waals surface area contributed by atoms with Crippen molar-refractivity contribution in [2.45, 2.75) is 24.5 Å². The van der Waals surface area contributed by atoms with Gasteiger partial charge in [-0.3, -0.25) is 4.21 Å². The van der Waals surface area contributed by atoms with Crippen LogP contribution in [0.2, 0.25) is 0 Å². The number of carbonyl (C=O) groups is 1. The monoisotopic (exact) mass is 228 g/mol. The van der Waals surface area contributed by atoms with Crippen LogP contribution in [-0.4, -0.2) is 28.3 Å². The predicted molar refractivity (Wildman–Crippen MR) is 60.9 cm³/mol. The van der Waals surface area contributed by atoms with E-state index in [0.29, 0.717) is 0 Å². The van der Waals surface area contributed by atoms with Crippen molar-refractivity contribution in [1.82, 2.24) is 0 Å². The fourth-order valence-corrected chi connectivity index (χ4v) is 2.93. The summed E-state index contributed by atoms with van der Waals surface area (Å²) in [6.45, 7) is 0. The quantitative estimate of drug-likeness (QED) is 0.418. The van der Waals surface area contributed by atoms with Crippen LogP contribution in [0.15, 0.2) is 24.3 Å². The van der Waals surface area contributed by atoms with Crippen molar-refractivity contribution in [3.63, 3.8) is 0 Å². The van der Waals surface area contributed by atoms with Crippen LogP contribution in [0.25, 0.3) is 0 Å². The van der Waals surface area contributed by atoms with Crippen molar-refractivity contribution in [2.75, 3.05) is 12.9 Å². The SMILES string of the molecule is COC(=O)/C=C/C=C/[C@@H]1CCCC[S@]1=O. The maximum atomic E-state index is 11.5. The number of ether oxygens (including phenoxy) is 1. The van der Waals surface area contributed by atoms with Gasteiger partial charge in [-0.05, 0) is 12.8 Å². The van der Waals surface area contributed by atoms with Crippen LogP contribution in [0, 0.1) is 0 Å². The normalized spacial score (nSPS) is 27.3. The lowest BCUT2D eigenvalue weighted by molar-refractivity contribution is -0.134. The third kappa shape index (κ3) is 4.42. The molecule has 0 saturated carbocycles. The van der Waals surface area contributed by atoms with Gasteiger partial charge in [0.1, 0.15) is 0 Å². The Morgan fingerprint density at radius 1 is 1.40 bits per heavy atom. The number of hydrogen-bond acceptors (Lipinski definition) is 3. The number of methoxy groups -OCH3 is 1. The fraction of sp³-hybridized carbons (Fsp3) is 0.545. The van der Waals surface area contributed by atoms with E-state index >= 15 is 0 Å². The van der Waals surface area contributed by atoms with Gasteiger partial charge in [-0.25, -0.2) is 4.79 Å². The first-order valence-electron chi connectivity index (χ1n) is 5.04. The largest absolute Gasteiger partial charge is 0.466 e. The van der Waals surface area contributed by atoms with Crippen molar-refractivity contribution in [1.29, 1.82) is 0 Å². The molecule has 1 aliphatic heterocycles. The molecule has 0 amide bonds. The molecule has 0 aromatic heterocycles. The summed E-state index contributed by atoms with van der Waals surface area (Å²) in [4.78, 5) is 10.7. The lowest BCUT2D eigenvalue weighted by Crippen LogP contribution is -2.20. The molecule has 1 aliphatic rings. The van der Waals surface area contributed by atoms with E-state index in [1.807, 2.05) is 6.08 Å². The Labute approximate surface area is 92.7 Å². The molecule has 0 N–H and O–H groups in total. The number of allylic oxidation sites excluding steroid dienone is 2. The first kappa shape index (κ1) is 12.2. The van der Waals surface area contributed by atoms with Crippen LogP contribution in [0.4, 0.5) is 0 Å². The Morgan fingerprint density at radius 3 is 2.87 bits per heavy atom. The van der Waals surface area contributed by atoms with E-state index in [-0.39, 0.29) is 11.2 Å². The summed E-state index contributed by atoms with van der Waals surface area (Å²) < 4.78 is 16.0. The first-order valence-corrected chi connectivity index (χ1v) is 6.42. The minimum Gasteiger partial charge on any atom is -0.466 e. The highest BCUT2D eigenvalue weighted by atomic mass is 32.2. The maximum Gasteiger partial charge on any atom is 0.330 e. The number of rotatable bonds is 3. The summed E-state index contributed by atoms with van der Waals surface area (Å²) >= 11 is 0. The smallest absolute Gasteiger partial charge is 0.330 e. The molecule has 1 saturated heterocycles. The molecule has 0 aromatic carbocycles. The van der Waals surface area contributed by atoms with Crippen LogP contribution in [0.3, 0.4) is 0 Å². The molecule has 15 heavy (non-hydrogen) atoms. The molecule has 0 radical (unpaired) electrons. The Bertz CT molecular complexity index is 294. The third-order valence-electron chi connectivity index (χ3n) is 2.29. The van der Waals surface area contributed by atoms with Crippen molar-refractivity contribution >= 4 is 16.8 Å². The number of hydrogen-bond donors (Lipinski definition) is 0. The molecule has 0 unspecified atom stereocenters. The molecule has 84 valence electrons. The van der Waals surface area contributed by atoms with E-state index in [9.17, 15) is 9.00 Å².